The predicted molar refractivity (Wildman–Crippen MR) is 77.3 cm³/mol. The minimum Gasteiger partial charge on any atom is -0.491 e. The van der Waals surface area contributed by atoms with Crippen LogP contribution in [-0.2, 0) is 6.54 Å². The van der Waals surface area contributed by atoms with Gasteiger partial charge >= 0.3 is 0 Å². The molecule has 2 aromatic rings. The van der Waals surface area contributed by atoms with Gasteiger partial charge in [0.15, 0.2) is 0 Å². The van der Waals surface area contributed by atoms with Crippen molar-refractivity contribution in [3.05, 3.63) is 59.4 Å². The first-order valence-electron chi connectivity index (χ1n) is 6.54. The third kappa shape index (κ3) is 3.81. The van der Waals surface area contributed by atoms with E-state index < -0.39 is 0 Å². The van der Waals surface area contributed by atoms with Crippen molar-refractivity contribution in [2.24, 2.45) is 0 Å². The van der Waals surface area contributed by atoms with Crippen LogP contribution >= 0.6 is 0 Å². The van der Waals surface area contributed by atoms with Gasteiger partial charge in [-0.3, -0.25) is 4.98 Å². The van der Waals surface area contributed by atoms with Gasteiger partial charge in [-0.1, -0.05) is 18.2 Å². The molecule has 0 saturated carbocycles. The Kier molecular flexibility index (Phi) is 5.10. The van der Waals surface area contributed by atoms with Crippen molar-refractivity contribution in [3.63, 3.8) is 0 Å². The second-order valence-electron chi connectivity index (χ2n) is 4.40. The van der Waals surface area contributed by atoms with Crippen molar-refractivity contribution in [2.45, 2.75) is 13.5 Å². The van der Waals surface area contributed by atoms with Crippen molar-refractivity contribution in [1.29, 1.82) is 5.26 Å². The van der Waals surface area contributed by atoms with Gasteiger partial charge in [-0.05, 0) is 30.7 Å². The average Bonchev–Trinajstić information content (AvgIpc) is 2.49. The molecule has 0 aliphatic heterocycles. The fraction of sp³-hybridized carbons (Fsp3) is 0.250. The number of benzene rings is 1. The minimum atomic E-state index is 0.518. The van der Waals surface area contributed by atoms with E-state index in [-0.39, 0.29) is 0 Å². The first-order valence-corrected chi connectivity index (χ1v) is 6.54. The Morgan fingerprint density at radius 1 is 1.25 bits per heavy atom. The molecule has 1 heterocycles. The van der Waals surface area contributed by atoms with Crippen LogP contribution in [0.3, 0.4) is 0 Å². The molecule has 0 bridgehead atoms. The highest BCUT2D eigenvalue weighted by atomic mass is 16.5. The number of pyridine rings is 1. The van der Waals surface area contributed by atoms with E-state index in [9.17, 15) is 0 Å². The molecule has 0 atom stereocenters. The average molecular weight is 267 g/mol. The molecule has 0 saturated heterocycles. The molecule has 102 valence electrons. The van der Waals surface area contributed by atoms with Crippen molar-refractivity contribution < 1.29 is 4.74 Å². The van der Waals surface area contributed by atoms with Crippen LogP contribution in [0.5, 0.6) is 5.75 Å². The zero-order valence-corrected chi connectivity index (χ0v) is 11.5. The molecule has 1 aromatic carbocycles. The summed E-state index contributed by atoms with van der Waals surface area (Å²) in [7, 11) is 0. The molecule has 1 N–H and O–H groups in total. The number of nitriles is 1. The molecule has 0 unspecified atom stereocenters. The number of aromatic nitrogens is 1. The Bertz CT molecular complexity index is 605. The van der Waals surface area contributed by atoms with Crippen LogP contribution in [0.4, 0.5) is 0 Å². The molecule has 0 radical (unpaired) electrons. The maximum atomic E-state index is 8.95. The van der Waals surface area contributed by atoms with E-state index >= 15 is 0 Å². The Hall–Kier alpha value is -2.38. The topological polar surface area (TPSA) is 57.9 Å². The lowest BCUT2D eigenvalue weighted by Crippen LogP contribution is -2.21. The van der Waals surface area contributed by atoms with Crippen LogP contribution in [0.1, 0.15) is 16.8 Å². The molecule has 2 rings (SSSR count). The zero-order chi connectivity index (χ0) is 14.2. The van der Waals surface area contributed by atoms with Gasteiger partial charge in [-0.2, -0.15) is 5.26 Å². The predicted octanol–water partition coefficient (Wildman–Crippen LogP) is 2.43. The number of hydrogen-bond acceptors (Lipinski definition) is 4. The summed E-state index contributed by atoms with van der Waals surface area (Å²) < 4.78 is 5.59. The van der Waals surface area contributed by atoms with Gasteiger partial charge in [0.05, 0.1) is 11.3 Å². The Balaban J connectivity index is 1.75. The van der Waals surface area contributed by atoms with Crippen molar-refractivity contribution >= 4 is 0 Å². The van der Waals surface area contributed by atoms with Gasteiger partial charge < -0.3 is 10.1 Å². The number of para-hydroxylation sites is 1. The molecule has 0 amide bonds. The quantitative estimate of drug-likeness (QED) is 0.817. The lowest BCUT2D eigenvalue weighted by molar-refractivity contribution is 0.312. The summed E-state index contributed by atoms with van der Waals surface area (Å²) in [6, 6.07) is 13.3. The summed E-state index contributed by atoms with van der Waals surface area (Å²) in [6.07, 6.45) is 1.80. The van der Waals surface area contributed by atoms with E-state index in [4.69, 9.17) is 10.00 Å². The largest absolute Gasteiger partial charge is 0.491 e. The maximum Gasteiger partial charge on any atom is 0.137 e. The molecular formula is C16H17N3O. The minimum absolute atomic E-state index is 0.518. The lowest BCUT2D eigenvalue weighted by atomic mass is 10.2. The first kappa shape index (κ1) is 14.0. The molecule has 4 nitrogen and oxygen atoms in total. The zero-order valence-electron chi connectivity index (χ0n) is 11.5. The standard InChI is InChI=1S/C16H17N3O/c1-13-5-4-8-19-15(13)12-18-9-10-20-16-7-3-2-6-14(16)11-17/h2-8,18H,9-10,12H2,1H3. The Labute approximate surface area is 119 Å². The Morgan fingerprint density at radius 3 is 2.90 bits per heavy atom. The summed E-state index contributed by atoms with van der Waals surface area (Å²) in [5.74, 6) is 0.630. The molecule has 4 heteroatoms. The van der Waals surface area contributed by atoms with Crippen molar-refractivity contribution in [1.82, 2.24) is 10.3 Å². The number of nitrogens with zero attached hydrogens (tertiary/aromatic N) is 2. The number of rotatable bonds is 6. The number of nitrogens with one attached hydrogen (secondary N) is 1. The number of aryl methyl sites for hydroxylation is 1. The Morgan fingerprint density at radius 2 is 2.10 bits per heavy atom. The first-order chi connectivity index (χ1) is 9.81. The van der Waals surface area contributed by atoms with Gasteiger partial charge in [-0.25, -0.2) is 0 Å². The van der Waals surface area contributed by atoms with Crippen molar-refractivity contribution in [3.8, 4) is 11.8 Å². The molecule has 1 aromatic heterocycles. The highest BCUT2D eigenvalue weighted by molar-refractivity contribution is 5.42. The monoisotopic (exact) mass is 267 g/mol. The lowest BCUT2D eigenvalue weighted by Gasteiger charge is -2.09. The summed E-state index contributed by atoms with van der Waals surface area (Å²) >= 11 is 0. The molecular weight excluding hydrogens is 250 g/mol. The SMILES string of the molecule is Cc1cccnc1CNCCOc1ccccc1C#N. The second-order valence-corrected chi connectivity index (χ2v) is 4.40. The number of hydrogen-bond donors (Lipinski definition) is 1. The third-order valence-electron chi connectivity index (χ3n) is 2.95. The summed E-state index contributed by atoms with van der Waals surface area (Å²) in [4.78, 5) is 4.32. The van der Waals surface area contributed by atoms with Crippen LogP contribution in [0.25, 0.3) is 0 Å². The highest BCUT2D eigenvalue weighted by Gasteiger charge is 2.01. The molecule has 0 spiro atoms. The molecule has 0 fully saturated rings. The maximum absolute atomic E-state index is 8.95. The van der Waals surface area contributed by atoms with Crippen LogP contribution in [0.2, 0.25) is 0 Å². The van der Waals surface area contributed by atoms with Gasteiger partial charge in [-0.15, -0.1) is 0 Å². The van der Waals surface area contributed by atoms with E-state index in [0.29, 0.717) is 24.5 Å². The summed E-state index contributed by atoms with van der Waals surface area (Å²) in [5.41, 5.74) is 2.79. The third-order valence-corrected chi connectivity index (χ3v) is 2.95. The fourth-order valence-corrected chi connectivity index (χ4v) is 1.83. The van der Waals surface area contributed by atoms with E-state index in [1.54, 1.807) is 18.3 Å². The van der Waals surface area contributed by atoms with E-state index in [1.807, 2.05) is 31.2 Å². The molecule has 0 aliphatic rings. The van der Waals surface area contributed by atoms with Crippen LogP contribution in [0.15, 0.2) is 42.6 Å². The van der Waals surface area contributed by atoms with Gasteiger partial charge in [0.25, 0.3) is 0 Å². The van der Waals surface area contributed by atoms with Gasteiger partial charge in [0.2, 0.25) is 0 Å². The highest BCUT2D eigenvalue weighted by Crippen LogP contribution is 2.15. The second kappa shape index (κ2) is 7.27. The van der Waals surface area contributed by atoms with Gasteiger partial charge in [0.1, 0.15) is 18.4 Å². The van der Waals surface area contributed by atoms with Crippen molar-refractivity contribution in [2.75, 3.05) is 13.2 Å². The summed E-state index contributed by atoms with van der Waals surface area (Å²) in [6.45, 7) is 3.99. The smallest absolute Gasteiger partial charge is 0.137 e. The van der Waals surface area contributed by atoms with Crippen LogP contribution < -0.4 is 10.1 Å². The van der Waals surface area contributed by atoms with E-state index in [2.05, 4.69) is 16.4 Å². The van der Waals surface area contributed by atoms with Crippen LogP contribution in [0, 0.1) is 18.3 Å². The van der Waals surface area contributed by atoms with Crippen LogP contribution in [-0.4, -0.2) is 18.1 Å². The molecule has 20 heavy (non-hydrogen) atoms. The molecule has 0 aliphatic carbocycles. The number of ether oxygens (including phenoxy) is 1. The van der Waals surface area contributed by atoms with E-state index in [0.717, 1.165) is 12.2 Å². The van der Waals surface area contributed by atoms with Gasteiger partial charge in [0, 0.05) is 19.3 Å². The summed E-state index contributed by atoms with van der Waals surface area (Å²) in [5, 5.41) is 12.2. The van der Waals surface area contributed by atoms with E-state index in [1.165, 1.54) is 5.56 Å². The fourth-order valence-electron chi connectivity index (χ4n) is 1.83. The normalized spacial score (nSPS) is 10.0.